The van der Waals surface area contributed by atoms with Gasteiger partial charge in [-0.05, 0) is 54.3 Å². The fraction of sp³-hybridized carbons (Fsp3) is 0.259. The van der Waals surface area contributed by atoms with Crippen LogP contribution < -0.4 is 20.1 Å². The maximum atomic E-state index is 14.2. The minimum Gasteiger partial charge on any atom is -0.493 e. The second-order valence-corrected chi connectivity index (χ2v) is 8.28. The Balaban J connectivity index is 1.94. The van der Waals surface area contributed by atoms with E-state index in [1.807, 2.05) is 0 Å². The zero-order chi connectivity index (χ0) is 25.4. The number of benzene rings is 3. The molecular formula is C27H28F2N2O4. The molecule has 0 fully saturated rings. The van der Waals surface area contributed by atoms with Crippen molar-refractivity contribution in [1.82, 2.24) is 10.6 Å². The molecular weight excluding hydrogens is 454 g/mol. The summed E-state index contributed by atoms with van der Waals surface area (Å²) in [5.41, 5.74) is 0.0406. The summed E-state index contributed by atoms with van der Waals surface area (Å²) < 4.78 is 39.7. The van der Waals surface area contributed by atoms with Crippen molar-refractivity contribution in [2.45, 2.75) is 26.4 Å². The van der Waals surface area contributed by atoms with Gasteiger partial charge in [0.2, 0.25) is 0 Å². The van der Waals surface area contributed by atoms with Gasteiger partial charge in [0, 0.05) is 0 Å². The van der Waals surface area contributed by atoms with E-state index >= 15 is 0 Å². The van der Waals surface area contributed by atoms with Gasteiger partial charge >= 0.3 is 0 Å². The van der Waals surface area contributed by atoms with Crippen LogP contribution in [0.5, 0.6) is 11.5 Å². The van der Waals surface area contributed by atoms with Crippen LogP contribution in [-0.2, 0) is 0 Å². The van der Waals surface area contributed by atoms with Gasteiger partial charge in [0.15, 0.2) is 11.5 Å². The van der Waals surface area contributed by atoms with Crippen molar-refractivity contribution in [3.05, 3.63) is 95.1 Å². The third-order valence-corrected chi connectivity index (χ3v) is 5.26. The first-order valence-electron chi connectivity index (χ1n) is 11.2. The van der Waals surface area contributed by atoms with Crippen LogP contribution in [0.3, 0.4) is 0 Å². The van der Waals surface area contributed by atoms with Crippen molar-refractivity contribution in [3.8, 4) is 11.5 Å². The Morgan fingerprint density at radius 2 is 1.37 bits per heavy atom. The van der Waals surface area contributed by atoms with Gasteiger partial charge in [-0.1, -0.05) is 44.2 Å². The van der Waals surface area contributed by atoms with Gasteiger partial charge in [-0.2, -0.15) is 0 Å². The SMILES string of the molecule is COc1ccc(C(NC(=O)c2ccccc2F)NC(=O)c2ccccc2F)cc1OCCC(C)C. The van der Waals surface area contributed by atoms with E-state index in [1.165, 1.54) is 43.5 Å². The topological polar surface area (TPSA) is 76.7 Å². The van der Waals surface area contributed by atoms with Crippen LogP contribution in [0.1, 0.15) is 52.7 Å². The van der Waals surface area contributed by atoms with E-state index in [9.17, 15) is 18.4 Å². The first-order chi connectivity index (χ1) is 16.8. The molecule has 6 nitrogen and oxygen atoms in total. The van der Waals surface area contributed by atoms with Crippen LogP contribution in [0.25, 0.3) is 0 Å². The highest BCUT2D eigenvalue weighted by molar-refractivity contribution is 5.97. The highest BCUT2D eigenvalue weighted by Gasteiger charge is 2.23. The molecule has 0 aliphatic heterocycles. The third kappa shape index (κ3) is 6.79. The molecule has 2 amide bonds. The van der Waals surface area contributed by atoms with Gasteiger partial charge in [-0.3, -0.25) is 9.59 Å². The second-order valence-electron chi connectivity index (χ2n) is 8.28. The van der Waals surface area contributed by atoms with Gasteiger partial charge < -0.3 is 20.1 Å². The molecule has 3 aromatic carbocycles. The lowest BCUT2D eigenvalue weighted by atomic mass is 10.1. The lowest BCUT2D eigenvalue weighted by Gasteiger charge is -2.22. The third-order valence-electron chi connectivity index (χ3n) is 5.26. The first-order valence-corrected chi connectivity index (χ1v) is 11.2. The van der Waals surface area contributed by atoms with Crippen LogP contribution in [0.15, 0.2) is 66.7 Å². The Morgan fingerprint density at radius 3 is 1.86 bits per heavy atom. The van der Waals surface area contributed by atoms with Crippen molar-refractivity contribution in [2.75, 3.05) is 13.7 Å². The van der Waals surface area contributed by atoms with Crippen LogP contribution >= 0.6 is 0 Å². The summed E-state index contributed by atoms with van der Waals surface area (Å²) >= 11 is 0. The number of halogens is 2. The number of amides is 2. The van der Waals surface area contributed by atoms with Gasteiger partial charge in [0.1, 0.15) is 17.8 Å². The highest BCUT2D eigenvalue weighted by atomic mass is 19.1. The molecule has 0 saturated heterocycles. The fourth-order valence-corrected chi connectivity index (χ4v) is 3.30. The molecule has 0 atom stereocenters. The average Bonchev–Trinajstić information content (AvgIpc) is 2.83. The average molecular weight is 483 g/mol. The van der Waals surface area contributed by atoms with Gasteiger partial charge in [-0.25, -0.2) is 8.78 Å². The summed E-state index contributed by atoms with van der Waals surface area (Å²) in [6.45, 7) is 4.58. The van der Waals surface area contributed by atoms with E-state index < -0.39 is 29.6 Å². The maximum Gasteiger partial charge on any atom is 0.256 e. The van der Waals surface area contributed by atoms with Crippen molar-refractivity contribution in [2.24, 2.45) is 5.92 Å². The molecule has 2 N–H and O–H groups in total. The summed E-state index contributed by atoms with van der Waals surface area (Å²) in [6.07, 6.45) is -0.308. The van der Waals surface area contributed by atoms with Crippen molar-refractivity contribution >= 4 is 11.8 Å². The molecule has 8 heteroatoms. The molecule has 0 aliphatic rings. The minimum atomic E-state index is -1.12. The zero-order valence-corrected chi connectivity index (χ0v) is 19.8. The Kier molecular flexibility index (Phi) is 8.78. The number of hydrogen-bond acceptors (Lipinski definition) is 4. The highest BCUT2D eigenvalue weighted by Crippen LogP contribution is 2.30. The molecule has 0 aromatic heterocycles. The standard InChI is InChI=1S/C27H28F2N2O4/c1-17(2)14-15-35-24-16-18(12-13-23(24)34-3)25(30-26(32)19-8-4-6-10-21(19)28)31-27(33)20-9-5-7-11-22(20)29/h4-13,16-17,25H,14-15H2,1-3H3,(H,30,32)(H,31,33). The Bertz CT molecular complexity index is 1120. The summed E-state index contributed by atoms with van der Waals surface area (Å²) in [5, 5.41) is 5.24. The zero-order valence-electron chi connectivity index (χ0n) is 19.8. The lowest BCUT2D eigenvalue weighted by Crippen LogP contribution is -2.41. The number of carbonyl (C=O) groups is 2. The first kappa shape index (κ1) is 25.7. The molecule has 0 aliphatic carbocycles. The predicted octanol–water partition coefficient (Wildman–Crippen LogP) is 5.26. The minimum absolute atomic E-state index is 0.195. The van der Waals surface area contributed by atoms with Gasteiger partial charge in [-0.15, -0.1) is 0 Å². The molecule has 0 radical (unpaired) electrons. The molecule has 0 spiro atoms. The van der Waals surface area contributed by atoms with Crippen LogP contribution in [0.2, 0.25) is 0 Å². The Labute approximate surface area is 203 Å². The van der Waals surface area contributed by atoms with E-state index in [0.717, 1.165) is 18.6 Å². The molecule has 0 unspecified atom stereocenters. The largest absolute Gasteiger partial charge is 0.493 e. The maximum absolute atomic E-state index is 14.2. The fourth-order valence-electron chi connectivity index (χ4n) is 3.30. The number of hydrogen-bond donors (Lipinski definition) is 2. The number of nitrogens with one attached hydrogen (secondary N) is 2. The number of ether oxygens (including phenoxy) is 2. The van der Waals surface area contributed by atoms with Crippen LogP contribution in [0, 0.1) is 17.6 Å². The van der Waals surface area contributed by atoms with Crippen LogP contribution in [0.4, 0.5) is 8.78 Å². The van der Waals surface area contributed by atoms with E-state index in [0.29, 0.717) is 29.6 Å². The van der Waals surface area contributed by atoms with Crippen molar-refractivity contribution in [1.29, 1.82) is 0 Å². The number of rotatable bonds is 10. The molecule has 3 aromatic rings. The molecule has 3 rings (SSSR count). The quantitative estimate of drug-likeness (QED) is 0.387. The van der Waals surface area contributed by atoms with Gasteiger partial charge in [0.05, 0.1) is 24.8 Å². The van der Waals surface area contributed by atoms with Crippen molar-refractivity contribution < 1.29 is 27.8 Å². The molecule has 184 valence electrons. The Hall–Kier alpha value is -3.94. The van der Waals surface area contributed by atoms with Gasteiger partial charge in [0.25, 0.3) is 11.8 Å². The van der Waals surface area contributed by atoms with Crippen LogP contribution in [-0.4, -0.2) is 25.5 Å². The summed E-state index contributed by atoms with van der Waals surface area (Å²) in [5.74, 6) is -1.61. The van der Waals surface area contributed by atoms with Crippen molar-refractivity contribution in [3.63, 3.8) is 0 Å². The molecule has 35 heavy (non-hydrogen) atoms. The molecule has 0 bridgehead atoms. The molecule has 0 saturated carbocycles. The monoisotopic (exact) mass is 482 g/mol. The summed E-state index contributed by atoms with van der Waals surface area (Å²) in [6, 6.07) is 15.8. The van der Waals surface area contributed by atoms with E-state index in [2.05, 4.69) is 24.5 Å². The summed E-state index contributed by atoms with van der Waals surface area (Å²) in [7, 11) is 1.50. The lowest BCUT2D eigenvalue weighted by molar-refractivity contribution is 0.0879. The number of methoxy groups -OCH3 is 1. The van der Waals surface area contributed by atoms with E-state index in [1.54, 1.807) is 18.2 Å². The smallest absolute Gasteiger partial charge is 0.256 e. The van der Waals surface area contributed by atoms with E-state index in [-0.39, 0.29) is 11.1 Å². The normalized spacial score (nSPS) is 10.8. The Morgan fingerprint density at radius 1 is 0.829 bits per heavy atom. The summed E-state index contributed by atoms with van der Waals surface area (Å²) in [4.78, 5) is 25.7. The van der Waals surface area contributed by atoms with E-state index in [4.69, 9.17) is 9.47 Å². The molecule has 0 heterocycles. The number of carbonyl (C=O) groups excluding carboxylic acids is 2. The predicted molar refractivity (Wildman–Crippen MR) is 128 cm³/mol. The second kappa shape index (κ2) is 12.0.